The first-order valence-electron chi connectivity index (χ1n) is 2.57. The van der Waals surface area contributed by atoms with Crippen molar-refractivity contribution in [3.05, 3.63) is 32.7 Å². The van der Waals surface area contributed by atoms with Crippen LogP contribution >= 0.6 is 15.9 Å². The Morgan fingerprint density at radius 3 is 2.70 bits per heavy atom. The molecule has 0 aliphatic carbocycles. The number of aromatic amines is 1. The lowest BCUT2D eigenvalue weighted by Crippen LogP contribution is -2.01. The minimum Gasteiger partial charge on any atom is -0.347 e. The molecular weight excluding hydrogens is 198 g/mol. The Kier molecular flexibility index (Phi) is 2.01. The Morgan fingerprint density at radius 1 is 1.50 bits per heavy atom. The van der Waals surface area contributed by atoms with Gasteiger partial charge in [-0.1, -0.05) is 0 Å². The van der Waals surface area contributed by atoms with Gasteiger partial charge in [-0.15, -0.1) is 0 Å². The van der Waals surface area contributed by atoms with E-state index in [1.54, 1.807) is 0 Å². The third-order valence-electron chi connectivity index (χ3n) is 0.957. The fraction of sp³-hybridized carbons (Fsp3) is 0. The van der Waals surface area contributed by atoms with Crippen molar-refractivity contribution in [1.82, 2.24) is 4.98 Å². The van der Waals surface area contributed by atoms with Gasteiger partial charge in [-0.3, -0.25) is 9.59 Å². The van der Waals surface area contributed by atoms with Gasteiger partial charge in [0.25, 0.3) is 0 Å². The first kappa shape index (κ1) is 7.21. The van der Waals surface area contributed by atoms with Crippen molar-refractivity contribution in [3.8, 4) is 0 Å². The first-order valence-corrected chi connectivity index (χ1v) is 3.37. The van der Waals surface area contributed by atoms with E-state index in [0.29, 0.717) is 10.9 Å². The molecule has 0 spiro atoms. The number of hydrogen-bond donors (Lipinski definition) is 1. The van der Waals surface area contributed by atoms with Gasteiger partial charge in [0, 0.05) is 12.1 Å². The summed E-state index contributed by atoms with van der Waals surface area (Å²) >= 11 is 3.04. The summed E-state index contributed by atoms with van der Waals surface area (Å²) in [5.74, 6) is 0. The molecule has 0 aliphatic rings. The quantitative estimate of drug-likeness (QED) is 0.544. The molecule has 1 heterocycles. The van der Waals surface area contributed by atoms with Crippen LogP contribution in [-0.2, 0) is 0 Å². The van der Waals surface area contributed by atoms with Gasteiger partial charge in [0.05, 0.1) is 10.3 Å². The van der Waals surface area contributed by atoms with Gasteiger partial charge < -0.3 is 4.98 Å². The minimum absolute atomic E-state index is 0.187. The summed E-state index contributed by atoms with van der Waals surface area (Å²) in [5, 5.41) is 0. The molecular formula is C6H4BrNO2. The average Bonchev–Trinajstić information content (AvgIpc) is 1.85. The van der Waals surface area contributed by atoms with Crippen LogP contribution in [0.25, 0.3) is 0 Å². The molecule has 0 bridgehead atoms. The Labute approximate surface area is 65.2 Å². The number of carbonyl (C=O) groups is 1. The zero-order valence-electron chi connectivity index (χ0n) is 4.93. The fourth-order valence-corrected chi connectivity index (χ4v) is 1.05. The molecule has 3 nitrogen and oxygen atoms in total. The smallest absolute Gasteiger partial charge is 0.183 e. The maximum absolute atomic E-state index is 10.7. The summed E-state index contributed by atoms with van der Waals surface area (Å²) in [7, 11) is 0. The molecule has 0 radical (unpaired) electrons. The van der Waals surface area contributed by atoms with Gasteiger partial charge in [-0.2, -0.15) is 0 Å². The van der Waals surface area contributed by atoms with Gasteiger partial charge in [-0.05, 0) is 15.9 Å². The van der Waals surface area contributed by atoms with E-state index in [1.807, 2.05) is 0 Å². The molecule has 0 saturated heterocycles. The molecule has 1 N–H and O–H groups in total. The standard InChI is InChI=1S/C6H4BrNO2/c7-6-2-5(10)1-4(3-9)8-6/h1-3H,(H,8,10). The molecule has 0 atom stereocenters. The van der Waals surface area contributed by atoms with Crippen molar-refractivity contribution < 1.29 is 4.79 Å². The Bertz CT molecular complexity index is 305. The van der Waals surface area contributed by atoms with Crippen molar-refractivity contribution in [2.24, 2.45) is 0 Å². The van der Waals surface area contributed by atoms with Crippen LogP contribution in [0.3, 0.4) is 0 Å². The monoisotopic (exact) mass is 201 g/mol. The van der Waals surface area contributed by atoms with Crippen molar-refractivity contribution in [3.63, 3.8) is 0 Å². The molecule has 0 aromatic carbocycles. The topological polar surface area (TPSA) is 49.9 Å². The first-order chi connectivity index (χ1) is 4.72. The molecule has 0 unspecified atom stereocenters. The molecule has 0 aliphatic heterocycles. The molecule has 4 heteroatoms. The highest BCUT2D eigenvalue weighted by Crippen LogP contribution is 2.00. The van der Waals surface area contributed by atoms with E-state index in [2.05, 4.69) is 20.9 Å². The number of H-pyrrole nitrogens is 1. The molecule has 0 saturated carbocycles. The maximum Gasteiger partial charge on any atom is 0.183 e. The molecule has 10 heavy (non-hydrogen) atoms. The lowest BCUT2D eigenvalue weighted by Gasteiger charge is -1.90. The van der Waals surface area contributed by atoms with Crippen LogP contribution in [0, 0.1) is 0 Å². The second-order valence-electron chi connectivity index (χ2n) is 1.74. The molecule has 1 rings (SSSR count). The fourth-order valence-electron chi connectivity index (χ4n) is 0.593. The Morgan fingerprint density at radius 2 is 2.20 bits per heavy atom. The number of carbonyl (C=O) groups excluding carboxylic acids is 1. The SMILES string of the molecule is O=Cc1cc(=O)cc(Br)[nH]1. The van der Waals surface area contributed by atoms with Crippen LogP contribution in [-0.4, -0.2) is 11.3 Å². The summed E-state index contributed by atoms with van der Waals surface area (Å²) < 4.78 is 0.516. The van der Waals surface area contributed by atoms with E-state index in [0.717, 1.165) is 0 Å². The number of rotatable bonds is 1. The van der Waals surface area contributed by atoms with E-state index < -0.39 is 0 Å². The highest BCUT2D eigenvalue weighted by molar-refractivity contribution is 9.10. The van der Waals surface area contributed by atoms with Gasteiger partial charge in [0.15, 0.2) is 11.7 Å². The summed E-state index contributed by atoms with van der Waals surface area (Å²) in [4.78, 5) is 23.4. The predicted molar refractivity (Wildman–Crippen MR) is 40.2 cm³/mol. The number of aromatic nitrogens is 1. The number of hydrogen-bond acceptors (Lipinski definition) is 2. The van der Waals surface area contributed by atoms with Crippen molar-refractivity contribution >= 4 is 22.2 Å². The van der Waals surface area contributed by atoms with Gasteiger partial charge >= 0.3 is 0 Å². The van der Waals surface area contributed by atoms with Crippen LogP contribution < -0.4 is 5.43 Å². The van der Waals surface area contributed by atoms with Crippen molar-refractivity contribution in [2.45, 2.75) is 0 Å². The normalized spacial score (nSPS) is 9.30. The average molecular weight is 202 g/mol. The van der Waals surface area contributed by atoms with Crippen LogP contribution in [0.1, 0.15) is 10.5 Å². The van der Waals surface area contributed by atoms with E-state index in [1.165, 1.54) is 12.1 Å². The molecule has 1 aromatic rings. The van der Waals surface area contributed by atoms with Crippen molar-refractivity contribution in [1.29, 1.82) is 0 Å². The zero-order chi connectivity index (χ0) is 7.56. The van der Waals surface area contributed by atoms with E-state index >= 15 is 0 Å². The minimum atomic E-state index is -0.187. The summed E-state index contributed by atoms with van der Waals surface area (Å²) in [6.45, 7) is 0. The Balaban J connectivity index is 3.32. The molecule has 1 aromatic heterocycles. The Hall–Kier alpha value is -0.900. The van der Waals surface area contributed by atoms with Crippen molar-refractivity contribution in [2.75, 3.05) is 0 Å². The van der Waals surface area contributed by atoms with Gasteiger partial charge in [0.1, 0.15) is 0 Å². The number of pyridine rings is 1. The second kappa shape index (κ2) is 2.79. The summed E-state index contributed by atoms with van der Waals surface area (Å²) in [5.41, 5.74) is 0.0899. The van der Waals surface area contributed by atoms with Gasteiger partial charge in [-0.25, -0.2) is 0 Å². The molecule has 52 valence electrons. The predicted octanol–water partition coefficient (Wildman–Crippen LogP) is 0.950. The van der Waals surface area contributed by atoms with E-state index in [-0.39, 0.29) is 11.1 Å². The van der Waals surface area contributed by atoms with Crippen LogP contribution in [0.15, 0.2) is 21.5 Å². The molecule has 0 fully saturated rings. The van der Waals surface area contributed by atoms with Crippen LogP contribution in [0.5, 0.6) is 0 Å². The summed E-state index contributed by atoms with van der Waals surface area (Å²) in [6.07, 6.45) is 0.589. The highest BCUT2D eigenvalue weighted by Gasteiger charge is 1.92. The highest BCUT2D eigenvalue weighted by atomic mass is 79.9. The third kappa shape index (κ3) is 1.54. The van der Waals surface area contributed by atoms with E-state index in [4.69, 9.17) is 0 Å². The van der Waals surface area contributed by atoms with Crippen LogP contribution in [0.4, 0.5) is 0 Å². The number of aldehydes is 1. The largest absolute Gasteiger partial charge is 0.347 e. The number of nitrogens with one attached hydrogen (secondary N) is 1. The van der Waals surface area contributed by atoms with E-state index in [9.17, 15) is 9.59 Å². The zero-order valence-corrected chi connectivity index (χ0v) is 6.51. The maximum atomic E-state index is 10.7. The lowest BCUT2D eigenvalue weighted by molar-refractivity contribution is 0.111. The number of halogens is 1. The van der Waals surface area contributed by atoms with Crippen LogP contribution in [0.2, 0.25) is 0 Å². The molecule has 0 amide bonds. The van der Waals surface area contributed by atoms with Gasteiger partial charge in [0.2, 0.25) is 0 Å². The second-order valence-corrected chi connectivity index (χ2v) is 2.59. The third-order valence-corrected chi connectivity index (χ3v) is 1.38. The summed E-state index contributed by atoms with van der Waals surface area (Å²) in [6, 6.07) is 2.59. The lowest BCUT2D eigenvalue weighted by atomic mass is 10.4.